The van der Waals surface area contributed by atoms with E-state index in [1.807, 2.05) is 24.0 Å². The first-order chi connectivity index (χ1) is 14.6. The molecule has 0 aromatic carbocycles. The Bertz CT molecular complexity index is 888. The van der Waals surface area contributed by atoms with Gasteiger partial charge in [-0.05, 0) is 68.6 Å². The Hall–Kier alpha value is -1.99. The van der Waals surface area contributed by atoms with Gasteiger partial charge in [0.15, 0.2) is 0 Å². The van der Waals surface area contributed by atoms with Crippen molar-refractivity contribution in [1.82, 2.24) is 24.9 Å². The van der Waals surface area contributed by atoms with E-state index in [2.05, 4.69) is 38.5 Å². The highest BCUT2D eigenvalue weighted by atomic mass is 16.5. The van der Waals surface area contributed by atoms with Gasteiger partial charge in [0.05, 0.1) is 24.1 Å². The number of rotatable bonds is 5. The van der Waals surface area contributed by atoms with E-state index in [1.54, 1.807) is 0 Å². The maximum Gasteiger partial charge on any atom is 0.148 e. The highest BCUT2D eigenvalue weighted by Crippen LogP contribution is 2.43. The summed E-state index contributed by atoms with van der Waals surface area (Å²) in [5.41, 5.74) is 3.03. The molecule has 6 atom stereocenters. The van der Waals surface area contributed by atoms with Gasteiger partial charge in [-0.2, -0.15) is 5.10 Å². The van der Waals surface area contributed by atoms with E-state index in [0.29, 0.717) is 18.2 Å². The summed E-state index contributed by atoms with van der Waals surface area (Å²) in [6.07, 6.45) is 9.39. The zero-order valence-corrected chi connectivity index (χ0v) is 18.0. The van der Waals surface area contributed by atoms with E-state index in [9.17, 15) is 0 Å². The smallest absolute Gasteiger partial charge is 0.148 e. The van der Waals surface area contributed by atoms with Gasteiger partial charge in [-0.25, -0.2) is 0 Å². The first-order valence-electron chi connectivity index (χ1n) is 11.6. The number of nitrogens with one attached hydrogen (secondary N) is 1. The molecule has 30 heavy (non-hydrogen) atoms. The quantitative estimate of drug-likeness (QED) is 0.812. The van der Waals surface area contributed by atoms with Crippen LogP contribution >= 0.6 is 0 Å². The Balaban J connectivity index is 0.00000122. The van der Waals surface area contributed by atoms with Crippen LogP contribution in [-0.4, -0.2) is 62.8 Å². The van der Waals surface area contributed by atoms with Crippen molar-refractivity contribution in [3.63, 3.8) is 0 Å². The molecule has 4 aliphatic rings. The van der Waals surface area contributed by atoms with E-state index in [1.165, 1.54) is 51.7 Å². The van der Waals surface area contributed by atoms with Crippen molar-refractivity contribution in [2.45, 2.75) is 57.3 Å². The van der Waals surface area contributed by atoms with Crippen molar-refractivity contribution in [2.75, 3.05) is 25.0 Å². The number of hydrogen-bond donors (Lipinski definition) is 1. The van der Waals surface area contributed by atoms with Gasteiger partial charge in [0, 0.05) is 41.5 Å². The zero-order chi connectivity index (χ0) is 20.2. The van der Waals surface area contributed by atoms with E-state index in [0.717, 1.165) is 40.5 Å². The third kappa shape index (κ3) is 3.32. The molecular weight excluding hydrogens is 376 g/mol. The lowest BCUT2D eigenvalue weighted by Crippen LogP contribution is -2.33. The first-order valence-corrected chi connectivity index (χ1v) is 11.6. The molecule has 5 unspecified atom stereocenters. The van der Waals surface area contributed by atoms with Crippen LogP contribution in [0.15, 0.2) is 18.3 Å². The van der Waals surface area contributed by atoms with Crippen LogP contribution in [0.3, 0.4) is 0 Å². The van der Waals surface area contributed by atoms with Crippen LogP contribution in [0.4, 0.5) is 5.82 Å². The maximum absolute atomic E-state index is 6.06. The molecule has 0 radical (unpaired) electrons. The topological polar surface area (TPSA) is 68.1 Å². The fraction of sp³-hybridized carbons (Fsp3) is 0.696. The number of ether oxygens (including phenoxy) is 1. The average Bonchev–Trinajstić information content (AvgIpc) is 3.52. The van der Waals surface area contributed by atoms with Gasteiger partial charge in [0.2, 0.25) is 0 Å². The van der Waals surface area contributed by atoms with Crippen molar-refractivity contribution in [1.29, 1.82) is 0 Å². The predicted molar refractivity (Wildman–Crippen MR) is 119 cm³/mol. The van der Waals surface area contributed by atoms with Crippen molar-refractivity contribution < 1.29 is 7.59 Å². The highest BCUT2D eigenvalue weighted by molar-refractivity contribution is 5.59. The van der Waals surface area contributed by atoms with Crippen LogP contribution < -0.4 is 5.32 Å². The third-order valence-electron chi connectivity index (χ3n) is 7.93. The Morgan fingerprint density at radius 2 is 1.97 bits per heavy atom. The van der Waals surface area contributed by atoms with Gasteiger partial charge in [-0.15, -0.1) is 10.2 Å². The average molecular weight is 413 g/mol. The minimum atomic E-state index is 0. The lowest BCUT2D eigenvalue weighted by atomic mass is 9.89. The Kier molecular flexibility index (Phi) is 4.57. The van der Waals surface area contributed by atoms with E-state index in [-0.39, 0.29) is 2.85 Å². The molecule has 7 nitrogen and oxygen atoms in total. The lowest BCUT2D eigenvalue weighted by Gasteiger charge is -2.26. The van der Waals surface area contributed by atoms with Crippen LogP contribution in [0.5, 0.6) is 0 Å². The number of fused-ring (bicyclic) bond motifs is 3. The molecule has 3 saturated heterocycles. The summed E-state index contributed by atoms with van der Waals surface area (Å²) in [5, 5.41) is 16.9. The summed E-state index contributed by atoms with van der Waals surface area (Å²) in [6, 6.07) is 4.63. The fourth-order valence-electron chi connectivity index (χ4n) is 6.59. The number of anilines is 1. The summed E-state index contributed by atoms with van der Waals surface area (Å²) in [7, 11) is 1.95. The largest absolute Gasteiger partial charge is 0.375 e. The molecule has 7 heteroatoms. The molecule has 2 bridgehead atoms. The number of likely N-dealkylation sites (tertiary alicyclic amines) is 1. The Morgan fingerprint density at radius 1 is 1.13 bits per heavy atom. The molecule has 2 aromatic heterocycles. The number of nitrogens with zero attached hydrogens (tertiary/aromatic N) is 5. The summed E-state index contributed by atoms with van der Waals surface area (Å²) in [6.45, 7) is 5.84. The van der Waals surface area contributed by atoms with Gasteiger partial charge in [0.25, 0.3) is 0 Å². The minimum Gasteiger partial charge on any atom is -0.375 e. The van der Waals surface area contributed by atoms with Crippen LogP contribution in [0.2, 0.25) is 0 Å². The molecule has 6 rings (SSSR count). The molecule has 0 spiro atoms. The Morgan fingerprint density at radius 3 is 2.57 bits per heavy atom. The van der Waals surface area contributed by atoms with Gasteiger partial charge in [0.1, 0.15) is 11.5 Å². The molecular formula is C23H36N6O. The van der Waals surface area contributed by atoms with Gasteiger partial charge in [-0.3, -0.25) is 4.68 Å². The molecule has 2 aromatic rings. The van der Waals surface area contributed by atoms with Crippen molar-refractivity contribution in [2.24, 2.45) is 24.8 Å². The minimum absolute atomic E-state index is 0. The summed E-state index contributed by atoms with van der Waals surface area (Å²) in [4.78, 5) is 2.73. The third-order valence-corrected chi connectivity index (χ3v) is 7.93. The molecule has 1 N–H and O–H groups in total. The maximum atomic E-state index is 6.06. The summed E-state index contributed by atoms with van der Waals surface area (Å²) in [5.74, 6) is 3.32. The normalized spacial score (nSPS) is 35.3. The Labute approximate surface area is 181 Å². The fourth-order valence-corrected chi connectivity index (χ4v) is 6.59. The van der Waals surface area contributed by atoms with E-state index >= 15 is 0 Å². The predicted octanol–water partition coefficient (Wildman–Crippen LogP) is 3.37. The summed E-state index contributed by atoms with van der Waals surface area (Å²) >= 11 is 0. The standard InChI is InChI=1S/C23H32N6O.2H2/c1-14-10-24-28(2)23(14)20-4-6-22(27-26-20)25-18-7-15-11-29(12-16(15)8-18)13-17-9-19-3-5-21(17)30-19;;/h4,6,10,15-19,21H,3,5,7-9,11-13H2,1-2H3,(H,25,27);2*1H/t15-,16?,17?,18?,19?,21?;;/m1../s1. The van der Waals surface area contributed by atoms with Crippen LogP contribution in [0.1, 0.15) is 40.5 Å². The molecule has 1 saturated carbocycles. The highest BCUT2D eigenvalue weighted by Gasteiger charge is 2.45. The van der Waals surface area contributed by atoms with Gasteiger partial charge < -0.3 is 15.0 Å². The molecule has 5 heterocycles. The summed E-state index contributed by atoms with van der Waals surface area (Å²) < 4.78 is 7.92. The molecule has 3 aliphatic heterocycles. The van der Waals surface area contributed by atoms with E-state index in [4.69, 9.17) is 4.74 Å². The first kappa shape index (κ1) is 18.8. The molecule has 4 fully saturated rings. The van der Waals surface area contributed by atoms with Crippen molar-refractivity contribution in [3.05, 3.63) is 23.9 Å². The molecule has 0 amide bonds. The monoisotopic (exact) mass is 412 g/mol. The van der Waals surface area contributed by atoms with Crippen molar-refractivity contribution in [3.8, 4) is 11.4 Å². The van der Waals surface area contributed by atoms with Crippen LogP contribution in [0, 0.1) is 24.7 Å². The second-order valence-electron chi connectivity index (χ2n) is 10.0. The van der Waals surface area contributed by atoms with E-state index < -0.39 is 0 Å². The SMILES string of the molecule is Cc1cnn(C)c1-c1ccc(NC2CC3CN(CC4CC5CCC4O5)C[C@H]3C2)nn1.[HH].[HH]. The number of aryl methyl sites for hydroxylation is 2. The molecule has 1 aliphatic carbocycles. The van der Waals surface area contributed by atoms with Crippen molar-refractivity contribution >= 4 is 5.82 Å². The van der Waals surface area contributed by atoms with Crippen LogP contribution in [-0.2, 0) is 11.8 Å². The lowest BCUT2D eigenvalue weighted by molar-refractivity contribution is 0.0854. The number of aromatic nitrogens is 4. The van der Waals surface area contributed by atoms with Crippen LogP contribution in [0.25, 0.3) is 11.4 Å². The zero-order valence-electron chi connectivity index (χ0n) is 18.0. The van der Waals surface area contributed by atoms with Gasteiger partial charge in [-0.1, -0.05) is 0 Å². The second kappa shape index (κ2) is 7.31. The molecule has 164 valence electrons. The van der Waals surface area contributed by atoms with Gasteiger partial charge >= 0.3 is 0 Å². The number of hydrogen-bond acceptors (Lipinski definition) is 6. The second-order valence-corrected chi connectivity index (χ2v) is 10.0.